The molecule has 0 bridgehead atoms. The van der Waals surface area contributed by atoms with Crippen LogP contribution in [0.15, 0.2) is 47.1 Å². The predicted octanol–water partition coefficient (Wildman–Crippen LogP) is 4.35. The highest BCUT2D eigenvalue weighted by Crippen LogP contribution is 2.36. The SMILES string of the molecule is CC#Cc1oc2c(NC3CCN(C)CC3(F)F)cccc2c1-n1cccc1. The second-order valence-corrected chi connectivity index (χ2v) is 6.91. The first-order valence-electron chi connectivity index (χ1n) is 8.94. The number of aromatic nitrogens is 1. The van der Waals surface area contributed by atoms with Gasteiger partial charge in [0.1, 0.15) is 5.69 Å². The lowest BCUT2D eigenvalue weighted by Gasteiger charge is -2.37. The molecule has 3 aromatic rings. The maximum atomic E-state index is 14.5. The molecule has 1 saturated heterocycles. The first-order chi connectivity index (χ1) is 13.0. The largest absolute Gasteiger partial charge is 0.443 e. The number of fused-ring (bicyclic) bond motifs is 1. The first-order valence-corrected chi connectivity index (χ1v) is 8.94. The van der Waals surface area contributed by atoms with E-state index in [-0.39, 0.29) is 6.54 Å². The van der Waals surface area contributed by atoms with Crippen molar-refractivity contribution < 1.29 is 13.2 Å². The van der Waals surface area contributed by atoms with Crippen LogP contribution >= 0.6 is 0 Å². The average molecular weight is 369 g/mol. The van der Waals surface area contributed by atoms with Crippen molar-refractivity contribution in [3.8, 4) is 17.5 Å². The summed E-state index contributed by atoms with van der Waals surface area (Å²) in [6.45, 7) is 2.12. The molecule has 1 atom stereocenters. The van der Waals surface area contributed by atoms with Crippen molar-refractivity contribution in [2.45, 2.75) is 25.3 Å². The minimum atomic E-state index is -2.81. The lowest BCUT2D eigenvalue weighted by atomic mass is 10.0. The third kappa shape index (κ3) is 3.19. The van der Waals surface area contributed by atoms with E-state index in [4.69, 9.17) is 4.42 Å². The number of nitrogens with zero attached hydrogens (tertiary/aromatic N) is 2. The van der Waals surface area contributed by atoms with Gasteiger partial charge in [0, 0.05) is 24.3 Å². The molecule has 4 nitrogen and oxygen atoms in total. The number of alkyl halides is 2. The van der Waals surface area contributed by atoms with Gasteiger partial charge >= 0.3 is 0 Å². The van der Waals surface area contributed by atoms with Crippen molar-refractivity contribution in [2.75, 3.05) is 25.5 Å². The summed E-state index contributed by atoms with van der Waals surface area (Å²) in [5.74, 6) is 3.56. The van der Waals surface area contributed by atoms with Crippen molar-refractivity contribution >= 4 is 16.7 Å². The molecule has 6 heteroatoms. The number of para-hydroxylation sites is 1. The van der Waals surface area contributed by atoms with Gasteiger partial charge in [0.15, 0.2) is 5.58 Å². The number of anilines is 1. The predicted molar refractivity (Wildman–Crippen MR) is 103 cm³/mol. The molecule has 2 aromatic heterocycles. The molecule has 0 aliphatic carbocycles. The molecule has 0 radical (unpaired) electrons. The molecule has 1 aromatic carbocycles. The van der Waals surface area contributed by atoms with Crippen molar-refractivity contribution in [3.63, 3.8) is 0 Å². The van der Waals surface area contributed by atoms with Gasteiger partial charge in [-0.1, -0.05) is 12.0 Å². The van der Waals surface area contributed by atoms with E-state index in [0.29, 0.717) is 30.0 Å². The Balaban J connectivity index is 1.79. The van der Waals surface area contributed by atoms with Crippen LogP contribution in [0.5, 0.6) is 0 Å². The van der Waals surface area contributed by atoms with Gasteiger partial charge in [0.25, 0.3) is 5.92 Å². The summed E-state index contributed by atoms with van der Waals surface area (Å²) in [6.07, 6.45) is 4.19. The molecule has 1 N–H and O–H groups in total. The van der Waals surface area contributed by atoms with Crippen LogP contribution in [0.3, 0.4) is 0 Å². The Kier molecular flexibility index (Phi) is 4.40. The fourth-order valence-electron chi connectivity index (χ4n) is 3.63. The summed E-state index contributed by atoms with van der Waals surface area (Å²) < 4.78 is 36.9. The van der Waals surface area contributed by atoms with E-state index >= 15 is 0 Å². The number of rotatable bonds is 3. The number of furan rings is 1. The lowest BCUT2D eigenvalue weighted by Crippen LogP contribution is -2.53. The number of nitrogens with one attached hydrogen (secondary N) is 1. The Morgan fingerprint density at radius 1 is 1.22 bits per heavy atom. The maximum absolute atomic E-state index is 14.5. The molecule has 3 heterocycles. The van der Waals surface area contributed by atoms with Gasteiger partial charge in [-0.05, 0) is 50.6 Å². The van der Waals surface area contributed by atoms with Crippen LogP contribution in [-0.2, 0) is 0 Å². The standard InChI is InChI=1S/C21H21F2N3O/c1-3-7-17-19(26-11-4-5-12-26)15-8-6-9-16(20(15)27-17)24-18-10-13-25(2)14-21(18,22)23/h4-6,8-9,11-12,18,24H,10,13-14H2,1-2H3. The Hall–Kier alpha value is -2.78. The number of hydrogen-bond donors (Lipinski definition) is 1. The van der Waals surface area contributed by atoms with Crippen LogP contribution in [0.2, 0.25) is 0 Å². The number of halogens is 2. The molecule has 1 fully saturated rings. The number of piperidine rings is 1. The van der Waals surface area contributed by atoms with Crippen molar-refractivity contribution in [3.05, 3.63) is 48.5 Å². The third-order valence-corrected chi connectivity index (χ3v) is 4.91. The van der Waals surface area contributed by atoms with E-state index in [1.54, 1.807) is 24.9 Å². The van der Waals surface area contributed by atoms with Gasteiger partial charge in [-0.3, -0.25) is 0 Å². The molecule has 4 rings (SSSR count). The molecule has 0 saturated carbocycles. The summed E-state index contributed by atoms with van der Waals surface area (Å²) in [7, 11) is 1.72. The number of likely N-dealkylation sites (tertiary alicyclic amines) is 1. The monoisotopic (exact) mass is 369 g/mol. The maximum Gasteiger partial charge on any atom is 0.280 e. The van der Waals surface area contributed by atoms with Crippen LogP contribution in [-0.4, -0.2) is 41.6 Å². The molecule has 27 heavy (non-hydrogen) atoms. The van der Waals surface area contributed by atoms with E-state index in [0.717, 1.165) is 11.1 Å². The van der Waals surface area contributed by atoms with Gasteiger partial charge in [0.05, 0.1) is 18.3 Å². The highest BCUT2D eigenvalue weighted by Gasteiger charge is 2.43. The lowest BCUT2D eigenvalue weighted by molar-refractivity contribution is -0.0672. The molecule has 1 aliphatic heterocycles. The van der Waals surface area contributed by atoms with Crippen LogP contribution in [0.1, 0.15) is 19.1 Å². The van der Waals surface area contributed by atoms with Crippen LogP contribution < -0.4 is 5.32 Å². The van der Waals surface area contributed by atoms with Gasteiger partial charge in [0.2, 0.25) is 5.76 Å². The summed E-state index contributed by atoms with van der Waals surface area (Å²) in [4.78, 5) is 1.66. The summed E-state index contributed by atoms with van der Waals surface area (Å²) >= 11 is 0. The third-order valence-electron chi connectivity index (χ3n) is 4.91. The van der Waals surface area contributed by atoms with E-state index < -0.39 is 12.0 Å². The minimum Gasteiger partial charge on any atom is -0.443 e. The fourth-order valence-corrected chi connectivity index (χ4v) is 3.63. The molecular weight excluding hydrogens is 348 g/mol. The van der Waals surface area contributed by atoms with Crippen LogP contribution in [0, 0.1) is 11.8 Å². The summed E-state index contributed by atoms with van der Waals surface area (Å²) in [5.41, 5.74) is 1.94. The fraction of sp³-hybridized carbons (Fsp3) is 0.333. The van der Waals surface area contributed by atoms with Gasteiger partial charge < -0.3 is 19.2 Å². The van der Waals surface area contributed by atoms with E-state index in [2.05, 4.69) is 17.2 Å². The highest BCUT2D eigenvalue weighted by molar-refractivity contribution is 5.97. The zero-order valence-electron chi connectivity index (χ0n) is 15.3. The molecule has 0 spiro atoms. The van der Waals surface area contributed by atoms with Crippen LogP contribution in [0.25, 0.3) is 16.7 Å². The van der Waals surface area contributed by atoms with Crippen molar-refractivity contribution in [1.82, 2.24) is 9.47 Å². The second kappa shape index (κ2) is 6.75. The van der Waals surface area contributed by atoms with E-state index in [1.165, 1.54) is 0 Å². The van der Waals surface area contributed by atoms with E-state index in [1.807, 2.05) is 41.2 Å². The summed E-state index contributed by atoms with van der Waals surface area (Å²) in [6, 6.07) is 8.46. The Morgan fingerprint density at radius 2 is 2.00 bits per heavy atom. The van der Waals surface area contributed by atoms with Crippen LogP contribution in [0.4, 0.5) is 14.5 Å². The zero-order chi connectivity index (χ0) is 19.0. The molecule has 0 amide bonds. The second-order valence-electron chi connectivity index (χ2n) is 6.91. The average Bonchev–Trinajstić information content (AvgIpc) is 3.24. The topological polar surface area (TPSA) is 33.3 Å². The van der Waals surface area contributed by atoms with Crippen molar-refractivity contribution in [1.29, 1.82) is 0 Å². The van der Waals surface area contributed by atoms with Gasteiger partial charge in [-0.2, -0.15) is 0 Å². The molecule has 140 valence electrons. The summed E-state index contributed by atoms with van der Waals surface area (Å²) in [5, 5.41) is 3.87. The normalized spacial score (nSPS) is 19.6. The zero-order valence-corrected chi connectivity index (χ0v) is 15.3. The van der Waals surface area contributed by atoms with Gasteiger partial charge in [-0.25, -0.2) is 8.78 Å². The minimum absolute atomic E-state index is 0.250. The molecule has 1 unspecified atom stereocenters. The highest BCUT2D eigenvalue weighted by atomic mass is 19.3. The Bertz CT molecular complexity index is 1010. The van der Waals surface area contributed by atoms with Gasteiger partial charge in [-0.15, -0.1) is 0 Å². The number of benzene rings is 1. The molecular formula is C21H21F2N3O. The first kappa shape index (κ1) is 17.6. The Morgan fingerprint density at radius 3 is 2.70 bits per heavy atom. The van der Waals surface area contributed by atoms with Crippen molar-refractivity contribution in [2.24, 2.45) is 0 Å². The smallest absolute Gasteiger partial charge is 0.280 e. The quantitative estimate of drug-likeness (QED) is 0.697. The van der Waals surface area contributed by atoms with E-state index in [9.17, 15) is 8.78 Å². The number of hydrogen-bond acceptors (Lipinski definition) is 3. The molecule has 1 aliphatic rings. The Labute approximate surface area is 156 Å².